The van der Waals surface area contributed by atoms with Gasteiger partial charge in [0.15, 0.2) is 0 Å². The molecular formula is C24H29BrClN3O. The molecule has 0 aromatic heterocycles. The Bertz CT molecular complexity index is 852. The highest BCUT2D eigenvalue weighted by Crippen LogP contribution is 2.30. The Morgan fingerprint density at radius 1 is 1.07 bits per heavy atom. The molecule has 6 heteroatoms. The van der Waals surface area contributed by atoms with Crippen molar-refractivity contribution in [2.45, 2.75) is 50.6 Å². The van der Waals surface area contributed by atoms with Crippen LogP contribution in [-0.2, 0) is 6.42 Å². The molecule has 2 atom stereocenters. The highest BCUT2D eigenvalue weighted by molar-refractivity contribution is 9.10. The maximum atomic E-state index is 12.5. The average molecular weight is 491 g/mol. The van der Waals surface area contributed by atoms with Crippen LogP contribution in [0.2, 0.25) is 5.02 Å². The van der Waals surface area contributed by atoms with Gasteiger partial charge in [0.25, 0.3) is 0 Å². The highest BCUT2D eigenvalue weighted by Gasteiger charge is 2.35. The molecule has 4 rings (SSSR count). The zero-order valence-electron chi connectivity index (χ0n) is 17.1. The van der Waals surface area contributed by atoms with Gasteiger partial charge < -0.3 is 10.6 Å². The number of amides is 2. The van der Waals surface area contributed by atoms with Gasteiger partial charge in [0.1, 0.15) is 0 Å². The van der Waals surface area contributed by atoms with E-state index in [-0.39, 0.29) is 12.1 Å². The van der Waals surface area contributed by atoms with Crippen LogP contribution in [0.3, 0.4) is 0 Å². The first-order valence-corrected chi connectivity index (χ1v) is 12.1. The smallest absolute Gasteiger partial charge is 0.319 e. The van der Waals surface area contributed by atoms with Crippen molar-refractivity contribution in [2.75, 3.05) is 18.4 Å². The summed E-state index contributed by atoms with van der Waals surface area (Å²) in [5.41, 5.74) is 2.18. The number of urea groups is 1. The molecule has 0 bridgehead atoms. The van der Waals surface area contributed by atoms with Gasteiger partial charge in [-0.2, -0.15) is 0 Å². The number of benzene rings is 2. The van der Waals surface area contributed by atoms with Crippen LogP contribution >= 0.6 is 27.5 Å². The van der Waals surface area contributed by atoms with Crippen LogP contribution in [-0.4, -0.2) is 36.1 Å². The zero-order chi connectivity index (χ0) is 20.9. The Hall–Kier alpha value is -1.56. The van der Waals surface area contributed by atoms with E-state index >= 15 is 0 Å². The first kappa shape index (κ1) is 21.7. The molecule has 2 fully saturated rings. The fourth-order valence-corrected chi connectivity index (χ4v) is 5.42. The van der Waals surface area contributed by atoms with Crippen molar-refractivity contribution >= 4 is 39.2 Å². The molecule has 2 aromatic rings. The Kier molecular flexibility index (Phi) is 7.34. The fraction of sp³-hybridized carbons (Fsp3) is 0.458. The topological polar surface area (TPSA) is 44.4 Å². The van der Waals surface area contributed by atoms with Crippen LogP contribution < -0.4 is 10.6 Å². The Balaban J connectivity index is 1.26. The van der Waals surface area contributed by atoms with Crippen molar-refractivity contribution in [3.8, 4) is 0 Å². The summed E-state index contributed by atoms with van der Waals surface area (Å²) in [6.45, 7) is 2.24. The molecule has 0 radical (unpaired) electrons. The summed E-state index contributed by atoms with van der Waals surface area (Å²) in [5.74, 6) is 0.732. The van der Waals surface area contributed by atoms with Crippen LogP contribution in [0.4, 0.5) is 10.5 Å². The van der Waals surface area contributed by atoms with Gasteiger partial charge in [0, 0.05) is 27.3 Å². The number of hydrogen-bond donors (Lipinski definition) is 2. The van der Waals surface area contributed by atoms with Crippen molar-refractivity contribution in [3.05, 3.63) is 63.6 Å². The van der Waals surface area contributed by atoms with Crippen LogP contribution in [0.1, 0.15) is 37.7 Å². The second-order valence-electron chi connectivity index (χ2n) is 8.52. The van der Waals surface area contributed by atoms with E-state index in [0.29, 0.717) is 6.04 Å². The van der Waals surface area contributed by atoms with E-state index < -0.39 is 0 Å². The number of carbonyl (C=O) groups is 1. The lowest BCUT2D eigenvalue weighted by molar-refractivity contribution is 0.119. The summed E-state index contributed by atoms with van der Waals surface area (Å²) < 4.78 is 0.959. The van der Waals surface area contributed by atoms with Crippen LogP contribution in [0.15, 0.2) is 53.0 Å². The third-order valence-corrected chi connectivity index (χ3v) is 7.18. The second kappa shape index (κ2) is 10.2. The van der Waals surface area contributed by atoms with E-state index in [9.17, 15) is 4.79 Å². The second-order valence-corrected chi connectivity index (χ2v) is 9.88. The van der Waals surface area contributed by atoms with E-state index in [1.165, 1.54) is 31.2 Å². The number of likely N-dealkylation sites (tertiary alicyclic amines) is 1. The molecule has 2 aromatic carbocycles. The first-order chi connectivity index (χ1) is 14.6. The van der Waals surface area contributed by atoms with Gasteiger partial charge in [0.2, 0.25) is 0 Å². The summed E-state index contributed by atoms with van der Waals surface area (Å²) in [6.07, 6.45) is 6.97. The molecule has 1 aliphatic carbocycles. The third kappa shape index (κ3) is 5.77. The van der Waals surface area contributed by atoms with E-state index in [4.69, 9.17) is 11.6 Å². The van der Waals surface area contributed by atoms with E-state index in [1.54, 1.807) is 0 Å². The standard InChI is InChI=1S/C24H29BrClN3O/c25-19-3-1-4-21(16-19)27-24(30)28-22-5-2-6-23(22)29-13-11-18(12-14-29)15-17-7-9-20(26)10-8-17/h1,3-4,7-10,16,18,22-23H,2,5-6,11-15H2,(H2,27,28,30)/t22-,23-/m1/s1. The maximum Gasteiger partial charge on any atom is 0.319 e. The molecule has 2 aliphatic rings. The lowest BCUT2D eigenvalue weighted by Crippen LogP contribution is -2.52. The monoisotopic (exact) mass is 489 g/mol. The number of anilines is 1. The van der Waals surface area contributed by atoms with Crippen LogP contribution in [0.5, 0.6) is 0 Å². The Morgan fingerprint density at radius 3 is 2.57 bits per heavy atom. The van der Waals surface area contributed by atoms with Gasteiger partial charge in [0.05, 0.1) is 0 Å². The van der Waals surface area contributed by atoms with Gasteiger partial charge in [-0.15, -0.1) is 0 Å². The van der Waals surface area contributed by atoms with Crippen molar-refractivity contribution in [1.82, 2.24) is 10.2 Å². The molecule has 1 aliphatic heterocycles. The molecule has 160 valence electrons. The molecule has 30 heavy (non-hydrogen) atoms. The van der Waals surface area contributed by atoms with Crippen LogP contribution in [0, 0.1) is 5.92 Å². The molecule has 4 nitrogen and oxygen atoms in total. The summed E-state index contributed by atoms with van der Waals surface area (Å²) in [4.78, 5) is 15.1. The molecule has 0 spiro atoms. The molecular weight excluding hydrogens is 462 g/mol. The van der Waals surface area contributed by atoms with Gasteiger partial charge in [-0.05, 0) is 93.4 Å². The number of halogens is 2. The van der Waals surface area contributed by atoms with Gasteiger partial charge >= 0.3 is 6.03 Å². The summed E-state index contributed by atoms with van der Waals surface area (Å²) in [7, 11) is 0. The zero-order valence-corrected chi connectivity index (χ0v) is 19.5. The average Bonchev–Trinajstić information content (AvgIpc) is 3.18. The van der Waals surface area contributed by atoms with Crippen molar-refractivity contribution < 1.29 is 4.79 Å². The molecule has 2 N–H and O–H groups in total. The molecule has 0 unspecified atom stereocenters. The largest absolute Gasteiger partial charge is 0.334 e. The van der Waals surface area contributed by atoms with E-state index in [2.05, 4.69) is 43.6 Å². The normalized spacial score (nSPS) is 22.7. The molecule has 1 saturated carbocycles. The first-order valence-electron chi connectivity index (χ1n) is 10.9. The minimum absolute atomic E-state index is 0.109. The summed E-state index contributed by atoms with van der Waals surface area (Å²) in [5, 5.41) is 7.00. The lowest BCUT2D eigenvalue weighted by atomic mass is 9.89. The van der Waals surface area contributed by atoms with Crippen LogP contribution in [0.25, 0.3) is 0 Å². The van der Waals surface area contributed by atoms with Crippen molar-refractivity contribution in [3.63, 3.8) is 0 Å². The lowest BCUT2D eigenvalue weighted by Gasteiger charge is -2.38. The molecule has 1 saturated heterocycles. The van der Waals surface area contributed by atoms with Gasteiger partial charge in [-0.1, -0.05) is 45.7 Å². The third-order valence-electron chi connectivity index (χ3n) is 6.43. The number of hydrogen-bond acceptors (Lipinski definition) is 2. The van der Waals surface area contributed by atoms with Crippen molar-refractivity contribution in [1.29, 1.82) is 0 Å². The fourth-order valence-electron chi connectivity index (χ4n) is 4.89. The van der Waals surface area contributed by atoms with Crippen molar-refractivity contribution in [2.24, 2.45) is 5.92 Å². The number of piperidine rings is 1. The maximum absolute atomic E-state index is 12.5. The number of carbonyl (C=O) groups excluding carboxylic acids is 1. The quantitative estimate of drug-likeness (QED) is 0.532. The predicted octanol–water partition coefficient (Wildman–Crippen LogP) is 6.10. The SMILES string of the molecule is O=C(Nc1cccc(Br)c1)N[C@@H]1CCC[C@H]1N1CCC(Cc2ccc(Cl)cc2)CC1. The van der Waals surface area contributed by atoms with Gasteiger partial charge in [-0.25, -0.2) is 4.79 Å². The van der Waals surface area contributed by atoms with E-state index in [1.807, 2.05) is 36.4 Å². The molecule has 2 amide bonds. The molecule has 1 heterocycles. The number of rotatable bonds is 5. The van der Waals surface area contributed by atoms with E-state index in [0.717, 1.165) is 47.0 Å². The number of nitrogens with zero attached hydrogens (tertiary/aromatic N) is 1. The Morgan fingerprint density at radius 2 is 1.83 bits per heavy atom. The van der Waals surface area contributed by atoms with Gasteiger partial charge in [-0.3, -0.25) is 4.90 Å². The Labute approximate surface area is 192 Å². The minimum atomic E-state index is -0.109. The summed E-state index contributed by atoms with van der Waals surface area (Å²) in [6, 6.07) is 16.5. The number of nitrogens with one attached hydrogen (secondary N) is 2. The minimum Gasteiger partial charge on any atom is -0.334 e. The summed E-state index contributed by atoms with van der Waals surface area (Å²) >= 11 is 9.45. The highest BCUT2D eigenvalue weighted by atomic mass is 79.9. The predicted molar refractivity (Wildman–Crippen MR) is 127 cm³/mol.